The molecule has 0 spiro atoms. The largest absolute Gasteiger partial charge is 0.326 e. The van der Waals surface area contributed by atoms with Gasteiger partial charge in [0.05, 0.1) is 17.8 Å². The summed E-state index contributed by atoms with van der Waals surface area (Å²) in [5, 5.41) is 5.66. The Morgan fingerprint density at radius 3 is 2.39 bits per heavy atom. The predicted molar refractivity (Wildman–Crippen MR) is 121 cm³/mol. The van der Waals surface area contributed by atoms with Crippen LogP contribution < -0.4 is 15.5 Å². The Morgan fingerprint density at radius 2 is 1.65 bits per heavy atom. The Kier molecular flexibility index (Phi) is 5.54. The lowest BCUT2D eigenvalue weighted by molar-refractivity contribution is -0.122. The van der Waals surface area contributed by atoms with Gasteiger partial charge in [0, 0.05) is 11.3 Å². The first-order valence-corrected chi connectivity index (χ1v) is 10.1. The van der Waals surface area contributed by atoms with E-state index in [0.717, 1.165) is 11.1 Å². The lowest BCUT2D eigenvalue weighted by Gasteiger charge is -2.36. The highest BCUT2D eigenvalue weighted by Crippen LogP contribution is 2.34. The third-order valence-electron chi connectivity index (χ3n) is 5.44. The molecule has 156 valence electrons. The van der Waals surface area contributed by atoms with E-state index in [4.69, 9.17) is 0 Å². The molecule has 0 unspecified atom stereocenters. The zero-order chi connectivity index (χ0) is 22.0. The normalized spacial score (nSPS) is 15.1. The first-order chi connectivity index (χ1) is 14.9. The highest BCUT2D eigenvalue weighted by Gasteiger charge is 2.38. The minimum absolute atomic E-state index is 0.161. The summed E-state index contributed by atoms with van der Waals surface area (Å²) in [6.07, 6.45) is -0.161. The molecule has 1 atom stereocenters. The van der Waals surface area contributed by atoms with Gasteiger partial charge in [-0.3, -0.25) is 19.3 Å². The number of para-hydroxylation sites is 2. The van der Waals surface area contributed by atoms with Crippen LogP contribution in [0.25, 0.3) is 0 Å². The first kappa shape index (κ1) is 20.3. The van der Waals surface area contributed by atoms with E-state index in [1.54, 1.807) is 48.5 Å². The number of fused-ring (bicyclic) bond motifs is 1. The summed E-state index contributed by atoms with van der Waals surface area (Å²) in [6, 6.07) is 20.5. The van der Waals surface area contributed by atoms with Gasteiger partial charge < -0.3 is 10.6 Å². The van der Waals surface area contributed by atoms with E-state index in [-0.39, 0.29) is 18.2 Å². The molecule has 0 saturated carbocycles. The minimum atomic E-state index is -0.964. The van der Waals surface area contributed by atoms with Gasteiger partial charge in [-0.05, 0) is 61.4 Å². The quantitative estimate of drug-likeness (QED) is 0.669. The lowest BCUT2D eigenvalue weighted by Crippen LogP contribution is -2.52. The molecule has 2 N–H and O–H groups in total. The molecule has 31 heavy (non-hydrogen) atoms. The number of anilines is 3. The molecule has 3 aromatic rings. The van der Waals surface area contributed by atoms with Crippen molar-refractivity contribution < 1.29 is 14.4 Å². The van der Waals surface area contributed by atoms with Gasteiger partial charge in [0.25, 0.3) is 5.91 Å². The van der Waals surface area contributed by atoms with E-state index in [2.05, 4.69) is 10.6 Å². The standard InChI is InChI=1S/C25H23N3O3/c1-16-12-13-19(14-17(16)2)26-23(29)15-22-24(30)27-20-10-6-7-11-21(20)28(22)25(31)18-8-4-3-5-9-18/h3-14,22H,15H2,1-2H3,(H,26,29)(H,27,30)/t22-/m1/s1. The number of hydrogen-bond acceptors (Lipinski definition) is 3. The van der Waals surface area contributed by atoms with Gasteiger partial charge in [-0.25, -0.2) is 0 Å². The van der Waals surface area contributed by atoms with Crippen molar-refractivity contribution in [3.05, 3.63) is 89.5 Å². The van der Waals surface area contributed by atoms with Gasteiger partial charge in [0.2, 0.25) is 11.8 Å². The third kappa shape index (κ3) is 4.19. The van der Waals surface area contributed by atoms with Crippen molar-refractivity contribution in [2.45, 2.75) is 26.3 Å². The highest BCUT2D eigenvalue weighted by molar-refractivity contribution is 6.17. The summed E-state index contributed by atoms with van der Waals surface area (Å²) in [7, 11) is 0. The van der Waals surface area contributed by atoms with E-state index in [0.29, 0.717) is 22.6 Å². The van der Waals surface area contributed by atoms with Crippen molar-refractivity contribution in [2.75, 3.05) is 15.5 Å². The van der Waals surface area contributed by atoms with Crippen LogP contribution in [-0.2, 0) is 9.59 Å². The van der Waals surface area contributed by atoms with E-state index < -0.39 is 11.9 Å². The molecular formula is C25H23N3O3. The van der Waals surface area contributed by atoms with Crippen molar-refractivity contribution in [1.82, 2.24) is 0 Å². The fraction of sp³-hybridized carbons (Fsp3) is 0.160. The molecule has 3 amide bonds. The Morgan fingerprint density at radius 1 is 0.935 bits per heavy atom. The smallest absolute Gasteiger partial charge is 0.259 e. The van der Waals surface area contributed by atoms with Crippen LogP contribution in [0.5, 0.6) is 0 Å². The molecule has 1 heterocycles. The number of carbonyl (C=O) groups is 3. The molecule has 0 fully saturated rings. The molecular weight excluding hydrogens is 390 g/mol. The first-order valence-electron chi connectivity index (χ1n) is 10.1. The highest BCUT2D eigenvalue weighted by atomic mass is 16.2. The predicted octanol–water partition coefficient (Wildman–Crippen LogP) is 4.30. The molecule has 3 aromatic carbocycles. The fourth-order valence-corrected chi connectivity index (χ4v) is 3.65. The van der Waals surface area contributed by atoms with Crippen LogP contribution in [-0.4, -0.2) is 23.8 Å². The number of amides is 3. The second-order valence-corrected chi connectivity index (χ2v) is 7.61. The number of nitrogens with one attached hydrogen (secondary N) is 2. The van der Waals surface area contributed by atoms with Crippen molar-refractivity contribution in [1.29, 1.82) is 0 Å². The van der Waals surface area contributed by atoms with E-state index in [1.807, 2.05) is 38.1 Å². The maximum Gasteiger partial charge on any atom is 0.259 e. The molecule has 0 saturated heterocycles. The van der Waals surface area contributed by atoms with E-state index in [9.17, 15) is 14.4 Å². The summed E-state index contributed by atoms with van der Waals surface area (Å²) in [5.74, 6) is -1.06. The topological polar surface area (TPSA) is 78.5 Å². The number of aryl methyl sites for hydroxylation is 2. The van der Waals surface area contributed by atoms with E-state index in [1.165, 1.54) is 4.90 Å². The molecule has 1 aliphatic heterocycles. The number of hydrogen-bond donors (Lipinski definition) is 2. The van der Waals surface area contributed by atoms with Crippen LogP contribution in [0.3, 0.4) is 0 Å². The molecule has 1 aliphatic rings. The number of carbonyl (C=O) groups excluding carboxylic acids is 3. The van der Waals surface area contributed by atoms with Crippen molar-refractivity contribution in [3.8, 4) is 0 Å². The van der Waals surface area contributed by atoms with Crippen LogP contribution in [0.4, 0.5) is 17.1 Å². The Balaban J connectivity index is 1.64. The number of rotatable bonds is 4. The zero-order valence-corrected chi connectivity index (χ0v) is 17.4. The van der Waals surface area contributed by atoms with Crippen molar-refractivity contribution >= 4 is 34.8 Å². The SMILES string of the molecule is Cc1ccc(NC(=O)C[C@@H]2C(=O)Nc3ccccc3N2C(=O)c2ccccc2)cc1C. The number of benzene rings is 3. The Labute approximate surface area is 180 Å². The average Bonchev–Trinajstić information content (AvgIpc) is 2.77. The molecule has 0 radical (unpaired) electrons. The molecule has 0 aromatic heterocycles. The molecule has 6 nitrogen and oxygen atoms in total. The lowest BCUT2D eigenvalue weighted by atomic mass is 10.0. The van der Waals surface area contributed by atoms with Gasteiger partial charge >= 0.3 is 0 Å². The summed E-state index contributed by atoms with van der Waals surface area (Å²) in [5.41, 5.74) is 4.41. The maximum absolute atomic E-state index is 13.4. The van der Waals surface area contributed by atoms with Gasteiger partial charge in [0.1, 0.15) is 6.04 Å². The van der Waals surface area contributed by atoms with E-state index >= 15 is 0 Å². The van der Waals surface area contributed by atoms with Crippen molar-refractivity contribution in [2.24, 2.45) is 0 Å². The summed E-state index contributed by atoms with van der Waals surface area (Å²) in [4.78, 5) is 40.5. The van der Waals surface area contributed by atoms with Crippen LogP contribution >= 0.6 is 0 Å². The van der Waals surface area contributed by atoms with Gasteiger partial charge in [-0.15, -0.1) is 0 Å². The van der Waals surface area contributed by atoms with Crippen LogP contribution in [0.1, 0.15) is 27.9 Å². The van der Waals surface area contributed by atoms with Crippen LogP contribution in [0, 0.1) is 13.8 Å². The zero-order valence-electron chi connectivity index (χ0n) is 17.4. The summed E-state index contributed by atoms with van der Waals surface area (Å²) in [6.45, 7) is 3.97. The van der Waals surface area contributed by atoms with Crippen LogP contribution in [0.2, 0.25) is 0 Å². The molecule has 6 heteroatoms. The van der Waals surface area contributed by atoms with Crippen LogP contribution in [0.15, 0.2) is 72.8 Å². The molecule has 4 rings (SSSR count). The summed E-state index contributed by atoms with van der Waals surface area (Å²) >= 11 is 0. The van der Waals surface area contributed by atoms with Gasteiger partial charge in [-0.2, -0.15) is 0 Å². The third-order valence-corrected chi connectivity index (χ3v) is 5.44. The summed E-state index contributed by atoms with van der Waals surface area (Å²) < 4.78 is 0. The van der Waals surface area contributed by atoms with Gasteiger partial charge in [-0.1, -0.05) is 36.4 Å². The maximum atomic E-state index is 13.4. The second kappa shape index (κ2) is 8.44. The fourth-order valence-electron chi connectivity index (χ4n) is 3.65. The van der Waals surface area contributed by atoms with Crippen molar-refractivity contribution in [3.63, 3.8) is 0 Å². The Hall–Kier alpha value is -3.93. The second-order valence-electron chi connectivity index (χ2n) is 7.61. The number of nitrogens with zero attached hydrogens (tertiary/aromatic N) is 1. The minimum Gasteiger partial charge on any atom is -0.326 e. The monoisotopic (exact) mass is 413 g/mol. The molecule has 0 bridgehead atoms. The van der Waals surface area contributed by atoms with Gasteiger partial charge in [0.15, 0.2) is 0 Å². The average molecular weight is 413 g/mol. The Bertz CT molecular complexity index is 1160. The molecule has 0 aliphatic carbocycles.